The normalized spacial score (nSPS) is 18.3. The van der Waals surface area contributed by atoms with Crippen LogP contribution in [0, 0.1) is 0 Å². The van der Waals surface area contributed by atoms with Crippen LogP contribution in [-0.2, 0) is 4.79 Å². The maximum Gasteiger partial charge on any atom is 0.282 e. The van der Waals surface area contributed by atoms with Crippen LogP contribution < -0.4 is 10.6 Å². The summed E-state index contributed by atoms with van der Waals surface area (Å²) < 4.78 is 1.02. The first-order chi connectivity index (χ1) is 9.65. The lowest BCUT2D eigenvalue weighted by Gasteiger charge is -2.18. The molecule has 0 heterocycles. The molecule has 1 aromatic rings. The molecule has 0 aromatic heterocycles. The fraction of sp³-hybridized carbons (Fsp3) is 0.562. The van der Waals surface area contributed by atoms with Gasteiger partial charge in [0.25, 0.3) is 5.91 Å². The first kappa shape index (κ1) is 15.5. The van der Waals surface area contributed by atoms with Gasteiger partial charge in [0, 0.05) is 10.2 Å². The van der Waals surface area contributed by atoms with Gasteiger partial charge in [-0.2, -0.15) is 0 Å². The number of carbonyl (C=O) groups is 1. The molecular formula is C16H24BrN2O+. The first-order valence-electron chi connectivity index (χ1n) is 7.56. The highest BCUT2D eigenvalue weighted by atomic mass is 79.9. The van der Waals surface area contributed by atoms with Crippen LogP contribution in [0.3, 0.4) is 0 Å². The van der Waals surface area contributed by atoms with Gasteiger partial charge in [0.15, 0.2) is 6.04 Å². The van der Waals surface area contributed by atoms with Crippen LogP contribution in [-0.4, -0.2) is 18.0 Å². The number of nitrogens with two attached hydrogens (primary N) is 1. The van der Waals surface area contributed by atoms with Crippen molar-refractivity contribution in [2.75, 3.05) is 5.32 Å². The summed E-state index contributed by atoms with van der Waals surface area (Å²) in [6.07, 6.45) is 7.81. The zero-order valence-electron chi connectivity index (χ0n) is 12.1. The van der Waals surface area contributed by atoms with Crippen molar-refractivity contribution >= 4 is 27.5 Å². The van der Waals surface area contributed by atoms with Crippen molar-refractivity contribution in [3.8, 4) is 0 Å². The number of rotatable bonds is 4. The number of hydrogen-bond donors (Lipinski definition) is 2. The monoisotopic (exact) mass is 339 g/mol. The van der Waals surface area contributed by atoms with E-state index in [1.54, 1.807) is 0 Å². The molecule has 1 aliphatic carbocycles. The topological polar surface area (TPSA) is 45.7 Å². The number of benzene rings is 1. The predicted octanol–water partition coefficient (Wildman–Crippen LogP) is 3.06. The van der Waals surface area contributed by atoms with Crippen molar-refractivity contribution in [1.82, 2.24) is 0 Å². The van der Waals surface area contributed by atoms with Gasteiger partial charge in [0.2, 0.25) is 0 Å². The predicted molar refractivity (Wildman–Crippen MR) is 85.6 cm³/mol. The summed E-state index contributed by atoms with van der Waals surface area (Å²) in [5.74, 6) is 0.0940. The molecule has 0 saturated heterocycles. The van der Waals surface area contributed by atoms with E-state index in [1.165, 1.54) is 38.5 Å². The van der Waals surface area contributed by atoms with Crippen molar-refractivity contribution in [2.24, 2.45) is 0 Å². The van der Waals surface area contributed by atoms with Crippen LogP contribution in [0.1, 0.15) is 45.4 Å². The van der Waals surface area contributed by atoms with Gasteiger partial charge in [-0.3, -0.25) is 4.79 Å². The smallest absolute Gasteiger partial charge is 0.282 e. The number of carbonyl (C=O) groups excluding carboxylic acids is 1. The molecule has 1 atom stereocenters. The second-order valence-electron chi connectivity index (χ2n) is 5.73. The summed E-state index contributed by atoms with van der Waals surface area (Å²) in [5, 5.41) is 5.23. The summed E-state index contributed by atoms with van der Waals surface area (Å²) in [7, 11) is 0. The molecule has 0 unspecified atom stereocenters. The molecule has 0 radical (unpaired) electrons. The van der Waals surface area contributed by atoms with E-state index >= 15 is 0 Å². The number of halogens is 1. The van der Waals surface area contributed by atoms with Crippen LogP contribution in [0.15, 0.2) is 28.7 Å². The Labute approximate surface area is 129 Å². The molecule has 2 rings (SSSR count). The summed E-state index contributed by atoms with van der Waals surface area (Å²) >= 11 is 3.39. The van der Waals surface area contributed by atoms with Gasteiger partial charge in [-0.1, -0.05) is 28.8 Å². The lowest BCUT2D eigenvalue weighted by Crippen LogP contribution is -2.96. The van der Waals surface area contributed by atoms with Crippen LogP contribution in [0.25, 0.3) is 0 Å². The summed E-state index contributed by atoms with van der Waals surface area (Å²) in [6.45, 7) is 2.00. The lowest BCUT2D eigenvalue weighted by molar-refractivity contribution is -0.707. The standard InChI is InChI=1S/C16H23BrN2O/c1-12(18-14-6-4-2-3-5-7-14)16(20)19-15-10-8-13(17)9-11-15/h8-12,14,18H,2-7H2,1H3,(H,19,20)/p+1/t12-/m0/s1. The van der Waals surface area contributed by atoms with Crippen LogP contribution in [0.4, 0.5) is 5.69 Å². The molecule has 3 N–H and O–H groups in total. The molecule has 0 spiro atoms. The minimum Gasteiger partial charge on any atom is -0.334 e. The molecule has 20 heavy (non-hydrogen) atoms. The third kappa shape index (κ3) is 4.91. The Kier molecular flexibility index (Phi) is 6.05. The zero-order valence-corrected chi connectivity index (χ0v) is 13.7. The van der Waals surface area contributed by atoms with Crippen LogP contribution >= 0.6 is 15.9 Å². The Morgan fingerprint density at radius 2 is 1.80 bits per heavy atom. The highest BCUT2D eigenvalue weighted by Crippen LogP contribution is 2.16. The van der Waals surface area contributed by atoms with Crippen molar-refractivity contribution in [3.05, 3.63) is 28.7 Å². The summed E-state index contributed by atoms with van der Waals surface area (Å²) in [4.78, 5) is 12.2. The SMILES string of the molecule is C[C@H]([NH2+]C1CCCCCC1)C(=O)Nc1ccc(Br)cc1. The van der Waals surface area contributed by atoms with Gasteiger partial charge in [-0.05, 0) is 56.9 Å². The largest absolute Gasteiger partial charge is 0.334 e. The number of anilines is 1. The van der Waals surface area contributed by atoms with Gasteiger partial charge in [0.1, 0.15) is 0 Å². The maximum absolute atomic E-state index is 12.2. The molecule has 1 saturated carbocycles. The van der Waals surface area contributed by atoms with Crippen molar-refractivity contribution in [2.45, 2.75) is 57.5 Å². The second-order valence-corrected chi connectivity index (χ2v) is 6.64. The molecule has 4 heteroatoms. The third-order valence-electron chi connectivity index (χ3n) is 3.99. The van der Waals surface area contributed by atoms with E-state index in [0.717, 1.165) is 10.2 Å². The Hall–Kier alpha value is -0.870. The highest BCUT2D eigenvalue weighted by molar-refractivity contribution is 9.10. The van der Waals surface area contributed by atoms with Gasteiger partial charge in [-0.25, -0.2) is 0 Å². The van der Waals surface area contributed by atoms with E-state index in [9.17, 15) is 4.79 Å². The Balaban J connectivity index is 1.83. The minimum absolute atomic E-state index is 0.0262. The van der Waals surface area contributed by atoms with E-state index in [-0.39, 0.29) is 11.9 Å². The quantitative estimate of drug-likeness (QED) is 0.813. The fourth-order valence-electron chi connectivity index (χ4n) is 2.79. The van der Waals surface area contributed by atoms with Crippen LogP contribution in [0.2, 0.25) is 0 Å². The Bertz CT molecular complexity index is 425. The van der Waals surface area contributed by atoms with E-state index in [1.807, 2.05) is 31.2 Å². The lowest BCUT2D eigenvalue weighted by atomic mass is 10.1. The van der Waals surface area contributed by atoms with E-state index in [2.05, 4.69) is 26.6 Å². The molecule has 1 aromatic carbocycles. The molecule has 110 valence electrons. The molecule has 3 nitrogen and oxygen atoms in total. The van der Waals surface area contributed by atoms with Gasteiger partial charge >= 0.3 is 0 Å². The van der Waals surface area contributed by atoms with E-state index in [4.69, 9.17) is 0 Å². The van der Waals surface area contributed by atoms with Crippen molar-refractivity contribution in [3.63, 3.8) is 0 Å². The molecule has 1 aliphatic rings. The van der Waals surface area contributed by atoms with Crippen LogP contribution in [0.5, 0.6) is 0 Å². The highest BCUT2D eigenvalue weighted by Gasteiger charge is 2.22. The maximum atomic E-state index is 12.2. The molecule has 1 amide bonds. The van der Waals surface area contributed by atoms with Gasteiger partial charge < -0.3 is 10.6 Å². The van der Waals surface area contributed by atoms with Crippen molar-refractivity contribution in [1.29, 1.82) is 0 Å². The molecule has 0 aliphatic heterocycles. The second kappa shape index (κ2) is 7.79. The average Bonchev–Trinajstić information content (AvgIpc) is 2.70. The van der Waals surface area contributed by atoms with E-state index < -0.39 is 0 Å². The number of hydrogen-bond acceptors (Lipinski definition) is 1. The average molecular weight is 340 g/mol. The Morgan fingerprint density at radius 3 is 2.40 bits per heavy atom. The van der Waals surface area contributed by atoms with E-state index in [0.29, 0.717) is 6.04 Å². The Morgan fingerprint density at radius 1 is 1.20 bits per heavy atom. The van der Waals surface area contributed by atoms with Crippen molar-refractivity contribution < 1.29 is 10.1 Å². The fourth-order valence-corrected chi connectivity index (χ4v) is 3.05. The molecule has 0 bridgehead atoms. The summed E-state index contributed by atoms with van der Waals surface area (Å²) in [6, 6.07) is 8.30. The molecule has 1 fully saturated rings. The number of amides is 1. The first-order valence-corrected chi connectivity index (χ1v) is 8.36. The third-order valence-corrected chi connectivity index (χ3v) is 4.51. The minimum atomic E-state index is -0.0262. The van der Waals surface area contributed by atoms with Gasteiger partial charge in [0.05, 0.1) is 6.04 Å². The number of quaternary nitrogens is 1. The summed E-state index contributed by atoms with van der Waals surface area (Å²) in [5.41, 5.74) is 0.860. The number of nitrogens with one attached hydrogen (secondary N) is 1. The van der Waals surface area contributed by atoms with Gasteiger partial charge in [-0.15, -0.1) is 0 Å². The molecular weight excluding hydrogens is 316 g/mol. The zero-order chi connectivity index (χ0) is 14.4.